The molecule has 0 aromatic carbocycles. The van der Waals surface area contributed by atoms with Crippen LogP contribution in [0.1, 0.15) is 19.9 Å². The zero-order valence-electron chi connectivity index (χ0n) is 10.1. The van der Waals surface area contributed by atoms with Crippen molar-refractivity contribution in [2.75, 3.05) is 26.2 Å². The van der Waals surface area contributed by atoms with E-state index in [4.69, 9.17) is 0 Å². The predicted octanol–water partition coefficient (Wildman–Crippen LogP) is 0.0579. The van der Waals surface area contributed by atoms with E-state index in [1.165, 1.54) is 10.5 Å². The van der Waals surface area contributed by atoms with Gasteiger partial charge in [0, 0.05) is 38.4 Å². The van der Waals surface area contributed by atoms with E-state index in [1.807, 2.05) is 13.8 Å². The minimum absolute atomic E-state index is 0.168. The highest BCUT2D eigenvalue weighted by molar-refractivity contribution is 7.89. The molecular formula is C10H18N4O2S. The van der Waals surface area contributed by atoms with Gasteiger partial charge in [0.15, 0.2) is 0 Å². The third kappa shape index (κ3) is 2.51. The standard InChI is InChI=1S/C10H18N4O2S/c1-9(2)14-8-10(7-12-14)17(15,16)13-5-3-11-4-6-13/h7-9,11H,3-6H2,1-2H3. The fourth-order valence-electron chi connectivity index (χ4n) is 1.77. The molecule has 0 amide bonds. The number of nitrogens with one attached hydrogen (secondary N) is 1. The van der Waals surface area contributed by atoms with Crippen LogP contribution in [-0.4, -0.2) is 48.7 Å². The van der Waals surface area contributed by atoms with Crippen LogP contribution in [0.4, 0.5) is 0 Å². The summed E-state index contributed by atoms with van der Waals surface area (Å²) in [5.74, 6) is 0. The molecule has 0 bridgehead atoms. The Morgan fingerprint density at radius 2 is 2.00 bits per heavy atom. The Hall–Kier alpha value is -0.920. The summed E-state index contributed by atoms with van der Waals surface area (Å²) >= 11 is 0. The maximum atomic E-state index is 12.3. The van der Waals surface area contributed by atoms with Crippen molar-refractivity contribution in [2.45, 2.75) is 24.8 Å². The number of aromatic nitrogens is 2. The van der Waals surface area contributed by atoms with E-state index in [0.717, 1.165) is 0 Å². The van der Waals surface area contributed by atoms with E-state index in [0.29, 0.717) is 26.2 Å². The van der Waals surface area contributed by atoms with Crippen molar-refractivity contribution in [1.82, 2.24) is 19.4 Å². The molecule has 0 spiro atoms. The molecule has 0 unspecified atom stereocenters. The molecule has 1 saturated heterocycles. The molecule has 1 aromatic rings. The van der Waals surface area contributed by atoms with Crippen LogP contribution in [0.5, 0.6) is 0 Å². The Morgan fingerprint density at radius 3 is 2.53 bits per heavy atom. The number of rotatable bonds is 3. The molecule has 0 radical (unpaired) electrons. The van der Waals surface area contributed by atoms with Crippen molar-refractivity contribution in [2.24, 2.45) is 0 Å². The summed E-state index contributed by atoms with van der Waals surface area (Å²) in [6, 6.07) is 0.168. The number of nitrogens with zero attached hydrogens (tertiary/aromatic N) is 3. The number of piperazine rings is 1. The van der Waals surface area contributed by atoms with Gasteiger partial charge in [-0.3, -0.25) is 4.68 Å². The Balaban J connectivity index is 2.24. The molecule has 1 aromatic heterocycles. The molecule has 1 fully saturated rings. The first-order chi connectivity index (χ1) is 8.01. The number of hydrogen-bond acceptors (Lipinski definition) is 4. The van der Waals surface area contributed by atoms with Crippen LogP contribution >= 0.6 is 0 Å². The molecule has 0 aliphatic carbocycles. The molecule has 2 heterocycles. The first-order valence-electron chi connectivity index (χ1n) is 5.77. The first-order valence-corrected chi connectivity index (χ1v) is 7.21. The van der Waals surface area contributed by atoms with E-state index < -0.39 is 10.0 Å². The molecule has 1 N–H and O–H groups in total. The van der Waals surface area contributed by atoms with E-state index in [9.17, 15) is 8.42 Å². The maximum Gasteiger partial charge on any atom is 0.246 e. The van der Waals surface area contributed by atoms with Crippen molar-refractivity contribution in [3.8, 4) is 0 Å². The van der Waals surface area contributed by atoms with Gasteiger partial charge in [-0.1, -0.05) is 0 Å². The average Bonchev–Trinajstić information content (AvgIpc) is 2.80. The normalized spacial score (nSPS) is 18.8. The second kappa shape index (κ2) is 4.75. The lowest BCUT2D eigenvalue weighted by atomic mass is 10.4. The zero-order valence-corrected chi connectivity index (χ0v) is 10.9. The van der Waals surface area contributed by atoms with Gasteiger partial charge < -0.3 is 5.32 Å². The second-order valence-corrected chi connectivity index (χ2v) is 6.34. The Bertz CT molecular complexity index is 474. The smallest absolute Gasteiger partial charge is 0.246 e. The van der Waals surface area contributed by atoms with Gasteiger partial charge in [-0.2, -0.15) is 9.40 Å². The highest BCUT2D eigenvalue weighted by Crippen LogP contribution is 2.16. The largest absolute Gasteiger partial charge is 0.314 e. The summed E-state index contributed by atoms with van der Waals surface area (Å²) in [4.78, 5) is 0.285. The number of hydrogen-bond donors (Lipinski definition) is 1. The highest BCUT2D eigenvalue weighted by Gasteiger charge is 2.27. The molecule has 7 heteroatoms. The molecule has 6 nitrogen and oxygen atoms in total. The molecule has 96 valence electrons. The van der Waals surface area contributed by atoms with E-state index in [-0.39, 0.29) is 10.9 Å². The van der Waals surface area contributed by atoms with Crippen LogP contribution < -0.4 is 5.32 Å². The van der Waals surface area contributed by atoms with Crippen LogP contribution in [0.2, 0.25) is 0 Å². The van der Waals surface area contributed by atoms with Gasteiger partial charge in [-0.05, 0) is 13.8 Å². The molecule has 0 atom stereocenters. The predicted molar refractivity (Wildman–Crippen MR) is 64.2 cm³/mol. The van der Waals surface area contributed by atoms with Gasteiger partial charge in [0.05, 0.1) is 6.20 Å². The SMILES string of the molecule is CC(C)n1cc(S(=O)(=O)N2CCNCC2)cn1. The minimum Gasteiger partial charge on any atom is -0.314 e. The van der Waals surface area contributed by atoms with E-state index in [1.54, 1.807) is 10.9 Å². The third-order valence-corrected chi connectivity index (χ3v) is 4.67. The summed E-state index contributed by atoms with van der Waals surface area (Å²) in [6.07, 6.45) is 3.03. The summed E-state index contributed by atoms with van der Waals surface area (Å²) in [7, 11) is -3.36. The molecule has 17 heavy (non-hydrogen) atoms. The summed E-state index contributed by atoms with van der Waals surface area (Å²) < 4.78 is 27.7. The lowest BCUT2D eigenvalue weighted by Crippen LogP contribution is -2.46. The van der Waals surface area contributed by atoms with Crippen molar-refractivity contribution in [3.05, 3.63) is 12.4 Å². The van der Waals surface area contributed by atoms with Crippen LogP contribution in [0.15, 0.2) is 17.3 Å². The summed E-state index contributed by atoms with van der Waals surface area (Å²) in [5, 5.41) is 7.21. The van der Waals surface area contributed by atoms with Gasteiger partial charge in [0.25, 0.3) is 0 Å². The lowest BCUT2D eigenvalue weighted by molar-refractivity contribution is 0.360. The van der Waals surface area contributed by atoms with Gasteiger partial charge in [-0.15, -0.1) is 0 Å². The molecular weight excluding hydrogens is 240 g/mol. The number of sulfonamides is 1. The van der Waals surface area contributed by atoms with E-state index >= 15 is 0 Å². The van der Waals surface area contributed by atoms with Gasteiger partial charge in [0.2, 0.25) is 10.0 Å². The van der Waals surface area contributed by atoms with Crippen LogP contribution in [0, 0.1) is 0 Å². The quantitative estimate of drug-likeness (QED) is 0.832. The van der Waals surface area contributed by atoms with Gasteiger partial charge >= 0.3 is 0 Å². The van der Waals surface area contributed by atoms with Crippen molar-refractivity contribution in [1.29, 1.82) is 0 Å². The highest BCUT2D eigenvalue weighted by atomic mass is 32.2. The molecule has 0 saturated carbocycles. The minimum atomic E-state index is -3.36. The lowest BCUT2D eigenvalue weighted by Gasteiger charge is -2.25. The van der Waals surface area contributed by atoms with Gasteiger partial charge in [0.1, 0.15) is 4.90 Å². The molecule has 1 aliphatic rings. The maximum absolute atomic E-state index is 12.3. The van der Waals surface area contributed by atoms with E-state index in [2.05, 4.69) is 10.4 Å². The first kappa shape index (κ1) is 12.5. The molecule has 1 aliphatic heterocycles. The monoisotopic (exact) mass is 258 g/mol. The van der Waals surface area contributed by atoms with Crippen LogP contribution in [0.25, 0.3) is 0 Å². The zero-order chi connectivity index (χ0) is 12.5. The Labute approximate surface area is 102 Å². The van der Waals surface area contributed by atoms with Crippen molar-refractivity contribution in [3.63, 3.8) is 0 Å². The van der Waals surface area contributed by atoms with Gasteiger partial charge in [-0.25, -0.2) is 8.42 Å². The van der Waals surface area contributed by atoms with Crippen molar-refractivity contribution >= 4 is 10.0 Å². The summed E-state index contributed by atoms with van der Waals surface area (Å²) in [6.45, 7) is 6.39. The fourth-order valence-corrected chi connectivity index (χ4v) is 3.15. The Morgan fingerprint density at radius 1 is 1.35 bits per heavy atom. The van der Waals surface area contributed by atoms with Crippen molar-refractivity contribution < 1.29 is 8.42 Å². The second-order valence-electron chi connectivity index (χ2n) is 4.40. The molecule has 2 rings (SSSR count). The Kier molecular flexibility index (Phi) is 3.50. The fraction of sp³-hybridized carbons (Fsp3) is 0.700. The van der Waals surface area contributed by atoms with Crippen LogP contribution in [-0.2, 0) is 10.0 Å². The van der Waals surface area contributed by atoms with Crippen LogP contribution in [0.3, 0.4) is 0 Å². The topological polar surface area (TPSA) is 67.2 Å². The average molecular weight is 258 g/mol. The third-order valence-electron chi connectivity index (χ3n) is 2.82. The summed E-state index contributed by atoms with van der Waals surface area (Å²) in [5.41, 5.74) is 0.